The fourth-order valence-corrected chi connectivity index (χ4v) is 0. The van der Waals surface area contributed by atoms with Crippen molar-refractivity contribution >= 4 is 344 Å². The van der Waals surface area contributed by atoms with Gasteiger partial charge in [0.2, 0.25) is 0 Å². The first kappa shape index (κ1) is 29.5. The van der Waals surface area contributed by atoms with E-state index in [1.165, 1.54) is 0 Å². The molecule has 0 atom stereocenters. The van der Waals surface area contributed by atoms with Crippen LogP contribution < -0.4 is 0 Å². The first-order valence-corrected chi connectivity index (χ1v) is 0. The molecule has 0 amide bonds. The molecule has 0 N–H and O–H groups in total. The van der Waals surface area contributed by atoms with Crippen molar-refractivity contribution in [2.75, 3.05) is 0 Å². The monoisotopic (exact) mass is 670 g/mol. The summed E-state index contributed by atoms with van der Waals surface area (Å²) in [6, 6.07) is 0. The molecule has 0 aliphatic carbocycles. The van der Waals surface area contributed by atoms with Crippen LogP contribution in [0.5, 0.6) is 0 Å². The second-order valence-electron chi connectivity index (χ2n) is 0. The van der Waals surface area contributed by atoms with Crippen molar-refractivity contribution < 1.29 is 0 Å². The Balaban J connectivity index is 0. The fourth-order valence-electron chi connectivity index (χ4n) is 0. The molecule has 0 radical (unpaired) electrons. The van der Waals surface area contributed by atoms with E-state index in [-0.39, 0.29) is 344 Å². The van der Waals surface area contributed by atoms with Crippen LogP contribution in [-0.2, 0) is 0 Å². The summed E-state index contributed by atoms with van der Waals surface area (Å²) in [6.07, 6.45) is 0. The van der Waals surface area contributed by atoms with Crippen LogP contribution in [0, 0.1) is 0 Å². The standard InChI is InChI=1S/5Cs.5H. The summed E-state index contributed by atoms with van der Waals surface area (Å²) >= 11 is 0. The first-order valence-electron chi connectivity index (χ1n) is 0. The predicted molar refractivity (Wildman–Crippen MR) is 35.7 cm³/mol. The Morgan fingerprint density at radius 3 is 0.200 bits per heavy atom. The van der Waals surface area contributed by atoms with Crippen molar-refractivity contribution in [3.8, 4) is 0 Å². The molecule has 0 aromatic carbocycles. The maximum absolute atomic E-state index is 0. The van der Waals surface area contributed by atoms with Gasteiger partial charge >= 0.3 is 344 Å². The van der Waals surface area contributed by atoms with Gasteiger partial charge < -0.3 is 0 Å². The van der Waals surface area contributed by atoms with Crippen molar-refractivity contribution in [2.45, 2.75) is 0 Å². The fraction of sp³-hybridized carbons (Fsp3) is 0. The minimum absolute atomic E-state index is 0. The van der Waals surface area contributed by atoms with Gasteiger partial charge in [-0.15, -0.1) is 0 Å². The molecule has 0 bridgehead atoms. The molecule has 0 aromatic heterocycles. The molecular weight excluding hydrogens is 665 g/mol. The number of hydrogen-bond acceptors (Lipinski definition) is 0. The van der Waals surface area contributed by atoms with Crippen molar-refractivity contribution in [1.29, 1.82) is 0 Å². The Hall–Kier alpha value is 10.3. The normalized spacial score (nSPS) is 0. The van der Waals surface area contributed by atoms with Gasteiger partial charge in [-0.1, -0.05) is 0 Å². The summed E-state index contributed by atoms with van der Waals surface area (Å²) < 4.78 is 0. The molecule has 0 spiro atoms. The number of rotatable bonds is 0. The summed E-state index contributed by atoms with van der Waals surface area (Å²) in [7, 11) is 0. The first-order chi connectivity index (χ1) is 0. The quantitative estimate of drug-likeness (QED) is 0.255. The van der Waals surface area contributed by atoms with E-state index in [9.17, 15) is 0 Å². The van der Waals surface area contributed by atoms with E-state index in [1.54, 1.807) is 0 Å². The van der Waals surface area contributed by atoms with Crippen molar-refractivity contribution in [3.63, 3.8) is 0 Å². The molecule has 0 aromatic rings. The second-order valence-corrected chi connectivity index (χ2v) is 0. The summed E-state index contributed by atoms with van der Waals surface area (Å²) in [4.78, 5) is 0. The van der Waals surface area contributed by atoms with Gasteiger partial charge in [-0.25, -0.2) is 0 Å². The van der Waals surface area contributed by atoms with E-state index in [4.69, 9.17) is 0 Å². The zero-order valence-electron chi connectivity index (χ0n) is 0. The molecule has 0 aliphatic rings. The molecule has 0 heterocycles. The zero-order valence-corrected chi connectivity index (χ0v) is 0. The van der Waals surface area contributed by atoms with Crippen molar-refractivity contribution in [3.05, 3.63) is 0 Å². The van der Waals surface area contributed by atoms with Crippen molar-refractivity contribution in [2.24, 2.45) is 0 Å². The Bertz CT molecular complexity index is 0. The van der Waals surface area contributed by atoms with Crippen LogP contribution in [0.2, 0.25) is 0 Å². The van der Waals surface area contributed by atoms with Gasteiger partial charge in [0.15, 0.2) is 0 Å². The van der Waals surface area contributed by atoms with E-state index in [1.807, 2.05) is 0 Å². The van der Waals surface area contributed by atoms with E-state index >= 15 is 0 Å². The van der Waals surface area contributed by atoms with E-state index in [2.05, 4.69) is 0 Å². The minimum atomic E-state index is 0. The molecule has 0 saturated heterocycles. The zero-order chi connectivity index (χ0) is 0. The molecule has 5 heteroatoms. The van der Waals surface area contributed by atoms with E-state index in [0.717, 1.165) is 0 Å². The molecule has 0 rings (SSSR count). The average Bonchev–Trinajstić information content (AvgIpc) is 0. The molecular formula is H5Cs5. The third-order valence-corrected chi connectivity index (χ3v) is 0. The van der Waals surface area contributed by atoms with Gasteiger partial charge in [-0.3, -0.25) is 0 Å². The Morgan fingerprint density at radius 2 is 0.200 bits per heavy atom. The Kier molecular flexibility index (Phi) is 140. The molecule has 0 nitrogen and oxygen atoms in total. The van der Waals surface area contributed by atoms with Gasteiger partial charge in [0.1, 0.15) is 0 Å². The van der Waals surface area contributed by atoms with Gasteiger partial charge in [0, 0.05) is 0 Å². The molecule has 0 saturated carbocycles. The molecule has 0 aliphatic heterocycles. The van der Waals surface area contributed by atoms with Crippen LogP contribution in [0.15, 0.2) is 0 Å². The summed E-state index contributed by atoms with van der Waals surface area (Å²) in [6.45, 7) is 0. The van der Waals surface area contributed by atoms with Crippen LogP contribution in [0.3, 0.4) is 0 Å². The maximum atomic E-state index is 0. The SMILES string of the molecule is [CsH].[CsH].[CsH].[CsH].[CsH]. The summed E-state index contributed by atoms with van der Waals surface area (Å²) in [5.74, 6) is 0. The van der Waals surface area contributed by atoms with Gasteiger partial charge in [0.25, 0.3) is 0 Å². The Labute approximate surface area is 328 Å². The second kappa shape index (κ2) is 23.8. The van der Waals surface area contributed by atoms with E-state index in [0.29, 0.717) is 0 Å². The topological polar surface area (TPSA) is 0 Å². The van der Waals surface area contributed by atoms with Gasteiger partial charge in [-0.05, 0) is 0 Å². The molecule has 0 unspecified atom stereocenters. The van der Waals surface area contributed by atoms with E-state index < -0.39 is 0 Å². The summed E-state index contributed by atoms with van der Waals surface area (Å²) in [5, 5.41) is 0. The molecule has 5 heavy (non-hydrogen) atoms. The van der Waals surface area contributed by atoms with Gasteiger partial charge in [-0.2, -0.15) is 0 Å². The number of hydrogen-bond donors (Lipinski definition) is 0. The van der Waals surface area contributed by atoms with Gasteiger partial charge in [0.05, 0.1) is 0 Å². The predicted octanol–water partition coefficient (Wildman–Crippen LogP) is -3.24. The third-order valence-electron chi connectivity index (χ3n) is 0. The van der Waals surface area contributed by atoms with Crippen LogP contribution in [0.1, 0.15) is 0 Å². The molecule has 0 fully saturated rings. The third kappa shape index (κ3) is 20.4. The van der Waals surface area contributed by atoms with Crippen LogP contribution in [-0.4, -0.2) is 344 Å². The summed E-state index contributed by atoms with van der Waals surface area (Å²) in [5.41, 5.74) is 0. The van der Waals surface area contributed by atoms with Crippen molar-refractivity contribution in [1.82, 2.24) is 0 Å². The van der Waals surface area contributed by atoms with Crippen LogP contribution >= 0.6 is 0 Å². The molecule has 10 valence electrons. The average molecular weight is 670 g/mol. The Morgan fingerprint density at radius 1 is 0.200 bits per heavy atom. The van der Waals surface area contributed by atoms with Crippen LogP contribution in [0.25, 0.3) is 0 Å². The van der Waals surface area contributed by atoms with Crippen LogP contribution in [0.4, 0.5) is 0 Å².